The lowest BCUT2D eigenvalue weighted by Gasteiger charge is -2.17. The van der Waals surface area contributed by atoms with E-state index < -0.39 is 6.10 Å². The zero-order chi connectivity index (χ0) is 14.1. The second-order valence-electron chi connectivity index (χ2n) is 3.98. The van der Waals surface area contributed by atoms with Crippen molar-refractivity contribution in [3.8, 4) is 11.5 Å². The van der Waals surface area contributed by atoms with Crippen molar-refractivity contribution in [2.24, 2.45) is 0 Å². The average Bonchev–Trinajstić information content (AvgIpc) is 2.45. The number of hydrogen-bond donors (Lipinski definition) is 1. The fourth-order valence-corrected chi connectivity index (χ4v) is 1.55. The van der Waals surface area contributed by atoms with Gasteiger partial charge in [0.05, 0.1) is 13.7 Å². The summed E-state index contributed by atoms with van der Waals surface area (Å²) in [6, 6.07) is 7.20. The molecule has 0 spiro atoms. The largest absolute Gasteiger partial charge is 0.497 e. The van der Waals surface area contributed by atoms with Crippen molar-refractivity contribution < 1.29 is 19.0 Å². The summed E-state index contributed by atoms with van der Waals surface area (Å²) in [5.74, 6) is 1.18. The van der Waals surface area contributed by atoms with Gasteiger partial charge in [0.2, 0.25) is 0 Å². The third-order valence-electron chi connectivity index (χ3n) is 2.59. The summed E-state index contributed by atoms with van der Waals surface area (Å²) in [5.41, 5.74) is 0. The Morgan fingerprint density at radius 2 is 2.05 bits per heavy atom. The van der Waals surface area contributed by atoms with Crippen LogP contribution in [0.4, 0.5) is 0 Å². The first-order chi connectivity index (χ1) is 9.21. The minimum absolute atomic E-state index is 0.137. The zero-order valence-electron chi connectivity index (χ0n) is 11.6. The number of methoxy groups -OCH3 is 2. The van der Waals surface area contributed by atoms with Crippen LogP contribution in [0, 0.1) is 0 Å². The number of benzene rings is 1. The topological polar surface area (TPSA) is 56.8 Å². The first-order valence-electron chi connectivity index (χ1n) is 6.28. The third kappa shape index (κ3) is 5.18. The monoisotopic (exact) mass is 267 g/mol. The normalized spacial score (nSPS) is 11.7. The molecule has 0 aliphatic carbocycles. The van der Waals surface area contributed by atoms with Gasteiger partial charge in [0.1, 0.15) is 11.5 Å². The predicted molar refractivity (Wildman–Crippen MR) is 72.6 cm³/mol. The molecule has 5 nitrogen and oxygen atoms in total. The Kier molecular flexibility index (Phi) is 6.74. The molecule has 1 aromatic rings. The van der Waals surface area contributed by atoms with Gasteiger partial charge in [-0.1, -0.05) is 13.0 Å². The highest BCUT2D eigenvalue weighted by molar-refractivity contribution is 5.81. The summed E-state index contributed by atoms with van der Waals surface area (Å²) < 4.78 is 15.7. The van der Waals surface area contributed by atoms with Gasteiger partial charge in [0.25, 0.3) is 5.91 Å². The Morgan fingerprint density at radius 1 is 1.32 bits per heavy atom. The summed E-state index contributed by atoms with van der Waals surface area (Å²) in [5, 5.41) is 2.76. The molecule has 0 heterocycles. The van der Waals surface area contributed by atoms with E-state index in [0.717, 1.165) is 0 Å². The second-order valence-corrected chi connectivity index (χ2v) is 3.98. The molecule has 0 aliphatic heterocycles. The van der Waals surface area contributed by atoms with Gasteiger partial charge in [-0.25, -0.2) is 0 Å². The van der Waals surface area contributed by atoms with Gasteiger partial charge in [0, 0.05) is 19.7 Å². The highest BCUT2D eigenvalue weighted by Crippen LogP contribution is 2.20. The quantitative estimate of drug-likeness (QED) is 0.727. The molecule has 1 amide bonds. The molecule has 0 aliphatic rings. The van der Waals surface area contributed by atoms with Crippen molar-refractivity contribution in [1.82, 2.24) is 5.32 Å². The minimum atomic E-state index is -0.510. The van der Waals surface area contributed by atoms with Gasteiger partial charge >= 0.3 is 0 Å². The summed E-state index contributed by atoms with van der Waals surface area (Å²) in [6.07, 6.45) is 0.0831. The average molecular weight is 267 g/mol. The van der Waals surface area contributed by atoms with E-state index in [1.807, 2.05) is 19.1 Å². The lowest BCUT2D eigenvalue weighted by Crippen LogP contribution is -2.39. The molecule has 0 bridgehead atoms. The number of amides is 1. The molecule has 1 aromatic carbocycles. The van der Waals surface area contributed by atoms with Crippen molar-refractivity contribution >= 4 is 5.91 Å². The highest BCUT2D eigenvalue weighted by Gasteiger charge is 2.17. The van der Waals surface area contributed by atoms with Crippen LogP contribution in [0.3, 0.4) is 0 Å². The smallest absolute Gasteiger partial charge is 0.261 e. The molecule has 5 heteroatoms. The first-order valence-corrected chi connectivity index (χ1v) is 6.28. The molecule has 1 atom stereocenters. The van der Waals surface area contributed by atoms with Crippen molar-refractivity contribution in [1.29, 1.82) is 0 Å². The van der Waals surface area contributed by atoms with Crippen LogP contribution in [-0.2, 0) is 9.53 Å². The van der Waals surface area contributed by atoms with E-state index in [1.165, 1.54) is 0 Å². The fraction of sp³-hybridized carbons (Fsp3) is 0.500. The number of rotatable bonds is 8. The number of carbonyl (C=O) groups is 1. The Balaban J connectivity index is 2.57. The maximum absolute atomic E-state index is 11.9. The maximum atomic E-state index is 11.9. The van der Waals surface area contributed by atoms with Crippen molar-refractivity contribution in [3.05, 3.63) is 24.3 Å². The maximum Gasteiger partial charge on any atom is 0.261 e. The number of nitrogens with one attached hydrogen (secondary N) is 1. The van der Waals surface area contributed by atoms with E-state index in [9.17, 15) is 4.79 Å². The molecule has 0 saturated carbocycles. The number of ether oxygens (including phenoxy) is 3. The summed E-state index contributed by atoms with van der Waals surface area (Å²) in [4.78, 5) is 11.9. The van der Waals surface area contributed by atoms with Gasteiger partial charge in [0.15, 0.2) is 6.10 Å². The molecule has 0 saturated heterocycles. The molecule has 0 radical (unpaired) electrons. The molecule has 1 rings (SSSR count). The standard InChI is InChI=1S/C14H21NO4/c1-4-13(14(16)15-8-9-17-2)19-12-7-5-6-11(10-12)18-3/h5-7,10,13H,4,8-9H2,1-3H3,(H,15,16)/t13-/m1/s1. The van der Waals surface area contributed by atoms with Crippen molar-refractivity contribution in [2.75, 3.05) is 27.4 Å². The lowest BCUT2D eigenvalue weighted by molar-refractivity contribution is -0.128. The zero-order valence-corrected chi connectivity index (χ0v) is 11.6. The number of carbonyl (C=O) groups excluding carboxylic acids is 1. The van der Waals surface area contributed by atoms with Gasteiger partial charge in [-0.05, 0) is 18.6 Å². The van der Waals surface area contributed by atoms with Gasteiger partial charge in [-0.2, -0.15) is 0 Å². The molecule has 0 fully saturated rings. The van der Waals surface area contributed by atoms with Crippen LogP contribution >= 0.6 is 0 Å². The fourth-order valence-electron chi connectivity index (χ4n) is 1.55. The molecule has 19 heavy (non-hydrogen) atoms. The molecular weight excluding hydrogens is 246 g/mol. The van der Waals surface area contributed by atoms with E-state index in [0.29, 0.717) is 31.1 Å². The molecule has 0 unspecified atom stereocenters. The van der Waals surface area contributed by atoms with Gasteiger partial charge < -0.3 is 19.5 Å². The first kappa shape index (κ1) is 15.3. The van der Waals surface area contributed by atoms with Gasteiger partial charge in [-0.15, -0.1) is 0 Å². The van der Waals surface area contributed by atoms with Crippen LogP contribution < -0.4 is 14.8 Å². The highest BCUT2D eigenvalue weighted by atomic mass is 16.5. The van der Waals surface area contributed by atoms with Crippen LogP contribution in [0.25, 0.3) is 0 Å². The van der Waals surface area contributed by atoms with Crippen molar-refractivity contribution in [2.45, 2.75) is 19.4 Å². The second kappa shape index (κ2) is 8.37. The van der Waals surface area contributed by atoms with Crippen LogP contribution in [0.15, 0.2) is 24.3 Å². The van der Waals surface area contributed by atoms with E-state index in [1.54, 1.807) is 26.4 Å². The SMILES string of the molecule is CC[C@@H](Oc1cccc(OC)c1)C(=O)NCCOC. The molecule has 106 valence electrons. The third-order valence-corrected chi connectivity index (χ3v) is 2.59. The lowest BCUT2D eigenvalue weighted by atomic mass is 10.2. The minimum Gasteiger partial charge on any atom is -0.497 e. The van der Waals surface area contributed by atoms with E-state index in [2.05, 4.69) is 5.32 Å². The van der Waals surface area contributed by atoms with Gasteiger partial charge in [-0.3, -0.25) is 4.79 Å². The Labute approximate surface area is 113 Å². The molecule has 0 aromatic heterocycles. The summed E-state index contributed by atoms with van der Waals surface area (Å²) >= 11 is 0. The van der Waals surface area contributed by atoms with E-state index in [-0.39, 0.29) is 5.91 Å². The number of hydrogen-bond acceptors (Lipinski definition) is 4. The van der Waals surface area contributed by atoms with Crippen LogP contribution in [-0.4, -0.2) is 39.4 Å². The Hall–Kier alpha value is -1.75. The molecule has 1 N–H and O–H groups in total. The van der Waals surface area contributed by atoms with E-state index in [4.69, 9.17) is 14.2 Å². The molecular formula is C14H21NO4. The Bertz CT molecular complexity index is 395. The summed E-state index contributed by atoms with van der Waals surface area (Å²) in [7, 11) is 3.18. The van der Waals surface area contributed by atoms with Crippen molar-refractivity contribution in [3.63, 3.8) is 0 Å². The predicted octanol–water partition coefficient (Wildman–Crippen LogP) is 1.62. The summed E-state index contributed by atoms with van der Waals surface area (Å²) in [6.45, 7) is 2.87. The van der Waals surface area contributed by atoms with Crippen LogP contribution in [0.1, 0.15) is 13.3 Å². The van der Waals surface area contributed by atoms with Crippen LogP contribution in [0.2, 0.25) is 0 Å². The van der Waals surface area contributed by atoms with Crippen LogP contribution in [0.5, 0.6) is 11.5 Å². The van der Waals surface area contributed by atoms with E-state index >= 15 is 0 Å². The Morgan fingerprint density at radius 3 is 2.68 bits per heavy atom.